The summed E-state index contributed by atoms with van der Waals surface area (Å²) in [6.45, 7) is 5.93. The predicted octanol–water partition coefficient (Wildman–Crippen LogP) is 1.52. The van der Waals surface area contributed by atoms with Crippen LogP contribution in [0.15, 0.2) is 18.2 Å². The number of nitrogens with zero attached hydrogens (tertiary/aromatic N) is 1. The molecule has 0 saturated carbocycles. The number of carbonyl (C=O) groups excluding carboxylic acids is 1. The first-order valence-electron chi connectivity index (χ1n) is 6.91. The second kappa shape index (κ2) is 4.53. The molecule has 0 aromatic heterocycles. The number of benzene rings is 1. The summed E-state index contributed by atoms with van der Waals surface area (Å²) in [6, 6.07) is 5.60. The molecule has 4 nitrogen and oxygen atoms in total. The van der Waals surface area contributed by atoms with E-state index in [9.17, 15) is 9.90 Å². The number of nitrogens with one attached hydrogen (secondary N) is 1. The fourth-order valence-electron chi connectivity index (χ4n) is 3.54. The van der Waals surface area contributed by atoms with Gasteiger partial charge in [-0.2, -0.15) is 0 Å². The lowest BCUT2D eigenvalue weighted by atomic mass is 10.0. The number of rotatable bonds is 1. The van der Waals surface area contributed by atoms with Crippen molar-refractivity contribution in [2.45, 2.75) is 32.4 Å². The fraction of sp³-hybridized carbons (Fsp3) is 0.533. The van der Waals surface area contributed by atoms with Gasteiger partial charge < -0.3 is 15.3 Å². The maximum atomic E-state index is 12.7. The molecule has 3 atom stereocenters. The summed E-state index contributed by atoms with van der Waals surface area (Å²) in [7, 11) is 0. The van der Waals surface area contributed by atoms with Gasteiger partial charge in [-0.05, 0) is 49.9 Å². The number of aromatic hydroxyl groups is 1. The van der Waals surface area contributed by atoms with Crippen molar-refractivity contribution in [3.05, 3.63) is 29.3 Å². The van der Waals surface area contributed by atoms with Gasteiger partial charge in [0.15, 0.2) is 0 Å². The molecule has 3 rings (SSSR count). The molecule has 0 spiro atoms. The summed E-state index contributed by atoms with van der Waals surface area (Å²) < 4.78 is 0. The molecule has 2 N–H and O–H groups in total. The number of hydrogen-bond acceptors (Lipinski definition) is 3. The number of hydrogen-bond donors (Lipinski definition) is 2. The minimum Gasteiger partial charge on any atom is -0.508 e. The molecular formula is C15H20N2O2. The second-order valence-electron chi connectivity index (χ2n) is 5.78. The van der Waals surface area contributed by atoms with E-state index in [0.717, 1.165) is 25.1 Å². The van der Waals surface area contributed by atoms with E-state index in [1.807, 2.05) is 11.8 Å². The fourth-order valence-corrected chi connectivity index (χ4v) is 3.54. The van der Waals surface area contributed by atoms with Crippen LogP contribution < -0.4 is 5.32 Å². The summed E-state index contributed by atoms with van der Waals surface area (Å²) >= 11 is 0. The maximum absolute atomic E-state index is 12.7. The van der Waals surface area contributed by atoms with E-state index >= 15 is 0 Å². The van der Waals surface area contributed by atoms with E-state index < -0.39 is 0 Å². The van der Waals surface area contributed by atoms with Crippen molar-refractivity contribution >= 4 is 5.91 Å². The molecule has 2 aliphatic heterocycles. The average Bonchev–Trinajstić information content (AvgIpc) is 2.87. The molecule has 1 amide bonds. The van der Waals surface area contributed by atoms with Gasteiger partial charge >= 0.3 is 0 Å². The van der Waals surface area contributed by atoms with Gasteiger partial charge in [-0.25, -0.2) is 0 Å². The number of amides is 1. The third kappa shape index (κ3) is 2.00. The molecule has 1 aromatic carbocycles. The zero-order valence-electron chi connectivity index (χ0n) is 11.4. The number of fused-ring (bicyclic) bond motifs is 1. The summed E-state index contributed by atoms with van der Waals surface area (Å²) in [5, 5.41) is 12.8. The van der Waals surface area contributed by atoms with Crippen molar-refractivity contribution in [1.29, 1.82) is 0 Å². The summed E-state index contributed by atoms with van der Waals surface area (Å²) in [6.07, 6.45) is 1.08. The molecule has 102 valence electrons. The van der Waals surface area contributed by atoms with Gasteiger partial charge in [-0.15, -0.1) is 0 Å². The first kappa shape index (κ1) is 12.5. The van der Waals surface area contributed by atoms with Crippen LogP contribution in [-0.2, 0) is 0 Å². The summed E-state index contributed by atoms with van der Waals surface area (Å²) in [5.41, 5.74) is 1.55. The molecule has 2 fully saturated rings. The van der Waals surface area contributed by atoms with Crippen molar-refractivity contribution in [2.75, 3.05) is 13.1 Å². The van der Waals surface area contributed by atoms with Crippen LogP contribution in [0.2, 0.25) is 0 Å². The minimum atomic E-state index is 0.0983. The third-order valence-electron chi connectivity index (χ3n) is 4.46. The monoisotopic (exact) mass is 260 g/mol. The van der Waals surface area contributed by atoms with E-state index in [-0.39, 0.29) is 11.7 Å². The van der Waals surface area contributed by atoms with Gasteiger partial charge in [-0.1, -0.05) is 0 Å². The van der Waals surface area contributed by atoms with Crippen molar-refractivity contribution in [2.24, 2.45) is 5.92 Å². The molecule has 0 aliphatic carbocycles. The van der Waals surface area contributed by atoms with Crippen LogP contribution in [0.4, 0.5) is 0 Å². The molecule has 2 aliphatic rings. The third-order valence-corrected chi connectivity index (χ3v) is 4.46. The lowest BCUT2D eigenvalue weighted by molar-refractivity contribution is 0.0681. The van der Waals surface area contributed by atoms with Crippen molar-refractivity contribution < 1.29 is 9.90 Å². The Morgan fingerprint density at radius 2 is 2.21 bits per heavy atom. The first-order chi connectivity index (χ1) is 9.08. The largest absolute Gasteiger partial charge is 0.508 e. The Bertz CT molecular complexity index is 515. The number of carbonyl (C=O) groups is 1. The summed E-state index contributed by atoms with van der Waals surface area (Å²) in [5.74, 6) is 0.904. The van der Waals surface area contributed by atoms with Crippen molar-refractivity contribution in [3.63, 3.8) is 0 Å². The van der Waals surface area contributed by atoms with Crippen LogP contribution in [0.3, 0.4) is 0 Å². The van der Waals surface area contributed by atoms with E-state index in [0.29, 0.717) is 23.6 Å². The number of phenolic OH excluding ortho intramolecular Hbond substituents is 1. The molecule has 2 heterocycles. The van der Waals surface area contributed by atoms with Crippen LogP contribution in [0, 0.1) is 12.8 Å². The Hall–Kier alpha value is -1.55. The molecule has 2 saturated heterocycles. The zero-order chi connectivity index (χ0) is 13.6. The van der Waals surface area contributed by atoms with E-state index in [2.05, 4.69) is 12.2 Å². The first-order valence-corrected chi connectivity index (χ1v) is 6.91. The van der Waals surface area contributed by atoms with E-state index in [1.165, 1.54) is 0 Å². The van der Waals surface area contributed by atoms with Gasteiger partial charge in [0.2, 0.25) is 0 Å². The standard InChI is InChI=1S/C15H20N2O2/c1-9-5-12(18)3-4-13(9)15(19)17-10(2)6-11-7-16-8-14(11)17/h3-5,10-11,14,16,18H,6-8H2,1-2H3. The predicted molar refractivity (Wildman–Crippen MR) is 73.2 cm³/mol. The highest BCUT2D eigenvalue weighted by Crippen LogP contribution is 2.34. The van der Waals surface area contributed by atoms with Crippen LogP contribution in [0.1, 0.15) is 29.3 Å². The smallest absolute Gasteiger partial charge is 0.254 e. The van der Waals surface area contributed by atoms with Gasteiger partial charge in [0, 0.05) is 30.7 Å². The molecule has 0 bridgehead atoms. The number of likely N-dealkylation sites (tertiary alicyclic amines) is 1. The van der Waals surface area contributed by atoms with Crippen LogP contribution >= 0.6 is 0 Å². The lowest BCUT2D eigenvalue weighted by Crippen LogP contribution is -2.43. The quantitative estimate of drug-likeness (QED) is 0.805. The van der Waals surface area contributed by atoms with Crippen LogP contribution in [0.5, 0.6) is 5.75 Å². The van der Waals surface area contributed by atoms with E-state index in [1.54, 1.807) is 18.2 Å². The Balaban J connectivity index is 1.90. The van der Waals surface area contributed by atoms with Crippen molar-refractivity contribution in [1.82, 2.24) is 10.2 Å². The SMILES string of the molecule is Cc1cc(O)ccc1C(=O)N1C(C)CC2CNCC21. The Morgan fingerprint density at radius 3 is 2.95 bits per heavy atom. The Morgan fingerprint density at radius 1 is 1.42 bits per heavy atom. The highest BCUT2D eigenvalue weighted by Gasteiger charge is 2.44. The Labute approximate surface area is 113 Å². The van der Waals surface area contributed by atoms with Gasteiger partial charge in [0.1, 0.15) is 5.75 Å². The minimum absolute atomic E-state index is 0.0983. The van der Waals surface area contributed by atoms with E-state index in [4.69, 9.17) is 0 Å². The topological polar surface area (TPSA) is 52.6 Å². The zero-order valence-corrected chi connectivity index (χ0v) is 11.4. The summed E-state index contributed by atoms with van der Waals surface area (Å²) in [4.78, 5) is 14.8. The number of phenols is 1. The van der Waals surface area contributed by atoms with Crippen LogP contribution in [-0.4, -0.2) is 41.1 Å². The maximum Gasteiger partial charge on any atom is 0.254 e. The molecule has 3 unspecified atom stereocenters. The Kier molecular flexibility index (Phi) is 2.97. The molecular weight excluding hydrogens is 240 g/mol. The molecule has 4 heteroatoms. The van der Waals surface area contributed by atoms with Gasteiger partial charge in [0.25, 0.3) is 5.91 Å². The lowest BCUT2D eigenvalue weighted by Gasteiger charge is -2.28. The normalized spacial score (nSPS) is 29.6. The number of aryl methyl sites for hydroxylation is 1. The highest BCUT2D eigenvalue weighted by molar-refractivity contribution is 5.96. The van der Waals surface area contributed by atoms with Crippen LogP contribution in [0.25, 0.3) is 0 Å². The van der Waals surface area contributed by atoms with Crippen molar-refractivity contribution in [3.8, 4) is 5.75 Å². The average molecular weight is 260 g/mol. The molecule has 0 radical (unpaired) electrons. The van der Waals surface area contributed by atoms with Gasteiger partial charge in [0.05, 0.1) is 0 Å². The molecule has 1 aromatic rings. The highest BCUT2D eigenvalue weighted by atomic mass is 16.3. The molecule has 19 heavy (non-hydrogen) atoms. The second-order valence-corrected chi connectivity index (χ2v) is 5.78. The van der Waals surface area contributed by atoms with Gasteiger partial charge in [-0.3, -0.25) is 4.79 Å².